The Balaban J connectivity index is 3.10. The van der Waals surface area contributed by atoms with Crippen molar-refractivity contribution in [2.24, 2.45) is 0 Å². The third-order valence-electron chi connectivity index (χ3n) is 2.56. The summed E-state index contributed by atoms with van der Waals surface area (Å²) in [7, 11) is 3.05. The van der Waals surface area contributed by atoms with E-state index in [1.807, 2.05) is 19.9 Å². The van der Waals surface area contributed by atoms with Crippen molar-refractivity contribution < 1.29 is 19.0 Å². The Hall–Kier alpha value is -1.97. The Morgan fingerprint density at radius 3 is 2.17 bits per heavy atom. The van der Waals surface area contributed by atoms with E-state index in [0.29, 0.717) is 29.4 Å². The van der Waals surface area contributed by atoms with E-state index in [-0.39, 0.29) is 0 Å². The number of carbonyl (C=O) groups excluding carboxylic acids is 1. The van der Waals surface area contributed by atoms with Crippen molar-refractivity contribution in [2.45, 2.75) is 13.8 Å². The third-order valence-corrected chi connectivity index (χ3v) is 2.56. The van der Waals surface area contributed by atoms with Crippen LogP contribution >= 0.6 is 0 Å². The molecule has 4 heteroatoms. The molecule has 0 saturated heterocycles. The smallest absolute Gasteiger partial charge is 0.203 e. The van der Waals surface area contributed by atoms with E-state index >= 15 is 0 Å². The fraction of sp³-hybridized carbons (Fsp3) is 0.357. The number of rotatable bonds is 6. The molecule has 0 N–H and O–H groups in total. The van der Waals surface area contributed by atoms with Crippen molar-refractivity contribution in [3.05, 3.63) is 29.3 Å². The highest BCUT2D eigenvalue weighted by Gasteiger charge is 2.14. The molecule has 0 spiro atoms. The van der Waals surface area contributed by atoms with Crippen LogP contribution < -0.4 is 14.2 Å². The number of ether oxygens (including phenoxy) is 3. The number of benzene rings is 1. The van der Waals surface area contributed by atoms with Gasteiger partial charge in [-0.25, -0.2) is 0 Å². The first-order chi connectivity index (χ1) is 8.65. The zero-order valence-corrected chi connectivity index (χ0v) is 11.1. The fourth-order valence-corrected chi connectivity index (χ4v) is 1.38. The molecule has 0 aliphatic carbocycles. The average molecular weight is 250 g/mol. The predicted octanol–water partition coefficient (Wildman–Crippen LogP) is 2.86. The van der Waals surface area contributed by atoms with Gasteiger partial charge in [0.05, 0.1) is 14.2 Å². The minimum atomic E-state index is 0.448. The Morgan fingerprint density at radius 2 is 1.78 bits per heavy atom. The number of aldehydes is 1. The van der Waals surface area contributed by atoms with Gasteiger partial charge in [-0.3, -0.25) is 4.79 Å². The number of allylic oxidation sites excluding steroid dienone is 1. The van der Waals surface area contributed by atoms with Crippen molar-refractivity contribution in [2.75, 3.05) is 20.8 Å². The summed E-state index contributed by atoms with van der Waals surface area (Å²) in [4.78, 5) is 10.8. The van der Waals surface area contributed by atoms with Crippen LogP contribution in [0, 0.1) is 0 Å². The molecule has 1 rings (SSSR count). The summed E-state index contributed by atoms with van der Waals surface area (Å²) in [5, 5.41) is 0. The zero-order chi connectivity index (χ0) is 13.5. The maximum atomic E-state index is 10.8. The number of hydrogen-bond acceptors (Lipinski definition) is 4. The number of hydrogen-bond donors (Lipinski definition) is 0. The van der Waals surface area contributed by atoms with E-state index in [9.17, 15) is 4.79 Å². The van der Waals surface area contributed by atoms with Gasteiger partial charge >= 0.3 is 0 Å². The van der Waals surface area contributed by atoms with Gasteiger partial charge in [0.1, 0.15) is 12.9 Å². The summed E-state index contributed by atoms with van der Waals surface area (Å²) in [6.07, 6.45) is 2.71. The quantitative estimate of drug-likeness (QED) is 0.575. The summed E-state index contributed by atoms with van der Waals surface area (Å²) in [5.74, 6) is 1.48. The van der Waals surface area contributed by atoms with E-state index in [2.05, 4.69) is 0 Å². The summed E-state index contributed by atoms with van der Waals surface area (Å²) < 4.78 is 16.1. The Morgan fingerprint density at radius 1 is 1.22 bits per heavy atom. The van der Waals surface area contributed by atoms with Crippen LogP contribution in [0.25, 0.3) is 0 Å². The Bertz CT molecular complexity index is 424. The first-order valence-electron chi connectivity index (χ1n) is 5.62. The van der Waals surface area contributed by atoms with Gasteiger partial charge in [-0.1, -0.05) is 6.08 Å². The molecule has 98 valence electrons. The lowest BCUT2D eigenvalue weighted by Gasteiger charge is -2.15. The predicted molar refractivity (Wildman–Crippen MR) is 69.9 cm³/mol. The molecule has 0 saturated carbocycles. The van der Waals surface area contributed by atoms with Crippen molar-refractivity contribution >= 4 is 6.29 Å². The van der Waals surface area contributed by atoms with Gasteiger partial charge in [0.25, 0.3) is 0 Å². The van der Waals surface area contributed by atoms with Gasteiger partial charge in [0, 0.05) is 5.56 Å². The fourth-order valence-electron chi connectivity index (χ4n) is 1.38. The molecule has 18 heavy (non-hydrogen) atoms. The highest BCUT2D eigenvalue weighted by Crippen LogP contribution is 2.38. The molecule has 0 amide bonds. The van der Waals surface area contributed by atoms with Crippen LogP contribution in [0.1, 0.15) is 24.2 Å². The van der Waals surface area contributed by atoms with Crippen molar-refractivity contribution in [1.82, 2.24) is 0 Å². The van der Waals surface area contributed by atoms with Gasteiger partial charge in [-0.2, -0.15) is 0 Å². The second-order valence-electron chi connectivity index (χ2n) is 3.80. The molecule has 1 aromatic carbocycles. The van der Waals surface area contributed by atoms with E-state index in [0.717, 1.165) is 11.9 Å². The van der Waals surface area contributed by atoms with Crippen molar-refractivity contribution in [3.8, 4) is 17.2 Å². The first kappa shape index (κ1) is 14.1. The van der Waals surface area contributed by atoms with E-state index < -0.39 is 0 Å². The van der Waals surface area contributed by atoms with Gasteiger partial charge < -0.3 is 14.2 Å². The molecule has 0 atom stereocenters. The molecule has 0 aromatic heterocycles. The molecular weight excluding hydrogens is 232 g/mol. The summed E-state index contributed by atoms with van der Waals surface area (Å²) in [5.41, 5.74) is 1.58. The third kappa shape index (κ3) is 3.26. The van der Waals surface area contributed by atoms with Crippen LogP contribution in [0.15, 0.2) is 23.8 Å². The molecule has 0 fully saturated rings. The Kier molecular flexibility index (Phi) is 5.24. The lowest BCUT2D eigenvalue weighted by Crippen LogP contribution is -2.03. The van der Waals surface area contributed by atoms with Crippen molar-refractivity contribution in [1.29, 1.82) is 0 Å². The Labute approximate surface area is 107 Å². The van der Waals surface area contributed by atoms with Crippen LogP contribution in [0.5, 0.6) is 17.2 Å². The summed E-state index contributed by atoms with van der Waals surface area (Å²) in [6.45, 7) is 4.37. The van der Waals surface area contributed by atoms with Gasteiger partial charge in [0.15, 0.2) is 11.5 Å². The second kappa shape index (κ2) is 6.69. The largest absolute Gasteiger partial charge is 0.493 e. The maximum Gasteiger partial charge on any atom is 0.203 e. The number of methoxy groups -OCH3 is 2. The molecule has 0 bridgehead atoms. The molecule has 0 radical (unpaired) electrons. The van der Waals surface area contributed by atoms with Crippen LogP contribution in [0.4, 0.5) is 0 Å². The van der Waals surface area contributed by atoms with Crippen LogP contribution in [0.3, 0.4) is 0 Å². The SMILES string of the molecule is C/C=C(\C)COc1c(OC)cc(C=O)cc1OC. The topological polar surface area (TPSA) is 44.8 Å². The highest BCUT2D eigenvalue weighted by molar-refractivity contribution is 5.78. The standard InChI is InChI=1S/C14H18O4/c1-5-10(2)9-18-14-12(16-3)6-11(8-15)7-13(14)17-4/h5-8H,9H2,1-4H3/b10-5+. The monoisotopic (exact) mass is 250 g/mol. The number of carbonyl (C=O) groups is 1. The summed E-state index contributed by atoms with van der Waals surface area (Å²) >= 11 is 0. The zero-order valence-electron chi connectivity index (χ0n) is 11.1. The van der Waals surface area contributed by atoms with Crippen LogP contribution in [0.2, 0.25) is 0 Å². The van der Waals surface area contributed by atoms with Crippen LogP contribution in [-0.2, 0) is 0 Å². The molecule has 0 unspecified atom stereocenters. The van der Waals surface area contributed by atoms with Crippen LogP contribution in [-0.4, -0.2) is 27.1 Å². The highest BCUT2D eigenvalue weighted by atomic mass is 16.5. The minimum Gasteiger partial charge on any atom is -0.493 e. The van der Waals surface area contributed by atoms with E-state index in [4.69, 9.17) is 14.2 Å². The van der Waals surface area contributed by atoms with E-state index in [1.54, 1.807) is 12.1 Å². The van der Waals surface area contributed by atoms with Crippen molar-refractivity contribution in [3.63, 3.8) is 0 Å². The first-order valence-corrected chi connectivity index (χ1v) is 5.62. The summed E-state index contributed by atoms with van der Waals surface area (Å²) in [6, 6.07) is 3.24. The van der Waals surface area contributed by atoms with Gasteiger partial charge in [0.2, 0.25) is 5.75 Å². The van der Waals surface area contributed by atoms with Gasteiger partial charge in [-0.05, 0) is 31.6 Å². The average Bonchev–Trinajstić information content (AvgIpc) is 2.43. The maximum absolute atomic E-state index is 10.8. The normalized spacial score (nSPS) is 11.0. The second-order valence-corrected chi connectivity index (χ2v) is 3.80. The minimum absolute atomic E-state index is 0.448. The molecular formula is C14H18O4. The molecule has 0 aliphatic rings. The van der Waals surface area contributed by atoms with E-state index in [1.165, 1.54) is 14.2 Å². The molecule has 0 heterocycles. The molecule has 0 aliphatic heterocycles. The lowest BCUT2D eigenvalue weighted by molar-refractivity contribution is 0.112. The molecule has 1 aromatic rings. The lowest BCUT2D eigenvalue weighted by atomic mass is 10.2. The molecule has 4 nitrogen and oxygen atoms in total. The van der Waals surface area contributed by atoms with Gasteiger partial charge in [-0.15, -0.1) is 0 Å².